The van der Waals surface area contributed by atoms with Crippen molar-refractivity contribution in [2.45, 2.75) is 69.4 Å². The zero-order valence-electron chi connectivity index (χ0n) is 17.4. The number of piperidine rings is 1. The minimum Gasteiger partial charge on any atom is -0.369 e. The predicted octanol–water partition coefficient (Wildman–Crippen LogP) is 5.09. The molecule has 1 saturated heterocycles. The van der Waals surface area contributed by atoms with Crippen molar-refractivity contribution in [1.82, 2.24) is 10.2 Å². The van der Waals surface area contributed by atoms with Gasteiger partial charge in [0.05, 0.1) is 5.69 Å². The van der Waals surface area contributed by atoms with Crippen molar-refractivity contribution < 1.29 is 9.18 Å². The van der Waals surface area contributed by atoms with Gasteiger partial charge in [-0.15, -0.1) is 0 Å². The third-order valence-electron chi connectivity index (χ3n) is 7.26. The molecular formula is C23H30BrFN4O. The van der Waals surface area contributed by atoms with Gasteiger partial charge in [-0.3, -0.25) is 4.90 Å². The number of halogens is 2. The van der Waals surface area contributed by atoms with Gasteiger partial charge in [-0.25, -0.2) is 9.18 Å². The van der Waals surface area contributed by atoms with Crippen molar-refractivity contribution in [2.75, 3.05) is 24.5 Å². The second kappa shape index (κ2) is 8.23. The van der Waals surface area contributed by atoms with E-state index < -0.39 is 5.54 Å². The molecule has 1 aromatic carbocycles. The fourth-order valence-electron chi connectivity index (χ4n) is 5.37. The number of likely N-dealkylation sites (tertiary alicyclic amines) is 1. The van der Waals surface area contributed by atoms with Gasteiger partial charge in [0.25, 0.3) is 0 Å². The highest BCUT2D eigenvalue weighted by molar-refractivity contribution is 9.10. The first-order valence-corrected chi connectivity index (χ1v) is 12.2. The molecule has 5 rings (SSSR count). The molecule has 5 nitrogen and oxygen atoms in total. The Bertz CT molecular complexity index is 842. The molecule has 0 atom stereocenters. The molecule has 30 heavy (non-hydrogen) atoms. The number of nitrogens with zero attached hydrogens (tertiary/aromatic N) is 3. The molecule has 4 aliphatic rings. The topological polar surface area (TPSA) is 47.9 Å². The van der Waals surface area contributed by atoms with Crippen LogP contribution in [0.2, 0.25) is 0 Å². The summed E-state index contributed by atoms with van der Waals surface area (Å²) in [5.74, 6) is 1.32. The normalized spacial score (nSPS) is 25.1. The number of anilines is 1. The van der Waals surface area contributed by atoms with E-state index >= 15 is 0 Å². The van der Waals surface area contributed by atoms with Crippen molar-refractivity contribution in [3.63, 3.8) is 0 Å². The molecule has 7 heteroatoms. The highest BCUT2D eigenvalue weighted by atomic mass is 79.9. The average Bonchev–Trinajstić information content (AvgIpc) is 3.52. The fraction of sp³-hybridized carbons (Fsp3) is 0.652. The zero-order chi connectivity index (χ0) is 20.7. The number of hydrogen-bond donors (Lipinski definition) is 1. The summed E-state index contributed by atoms with van der Waals surface area (Å²) in [4.78, 5) is 22.0. The third-order valence-corrected chi connectivity index (χ3v) is 7.93. The maximum Gasteiger partial charge on any atom is 0.350 e. The molecule has 2 amide bonds. The van der Waals surface area contributed by atoms with E-state index in [4.69, 9.17) is 0 Å². The first-order valence-electron chi connectivity index (χ1n) is 11.4. The number of aliphatic imine (C=N–C) groups is 1. The van der Waals surface area contributed by atoms with Gasteiger partial charge in [0, 0.05) is 30.1 Å². The molecule has 1 spiro atoms. The maximum absolute atomic E-state index is 14.1. The van der Waals surface area contributed by atoms with Crippen LogP contribution in [0, 0.1) is 11.7 Å². The van der Waals surface area contributed by atoms with E-state index in [1.165, 1.54) is 44.2 Å². The average molecular weight is 477 g/mol. The van der Waals surface area contributed by atoms with Crippen LogP contribution in [0.3, 0.4) is 0 Å². The summed E-state index contributed by atoms with van der Waals surface area (Å²) < 4.78 is 14.9. The Kier molecular flexibility index (Phi) is 5.60. The number of hydrogen-bond acceptors (Lipinski definition) is 3. The van der Waals surface area contributed by atoms with Crippen LogP contribution in [0.4, 0.5) is 14.9 Å². The molecule has 2 aliphatic heterocycles. The number of nitrogens with one attached hydrogen (secondary N) is 1. The number of carbonyl (C=O) groups is 1. The molecule has 1 N–H and O–H groups in total. The van der Waals surface area contributed by atoms with E-state index in [0.29, 0.717) is 11.7 Å². The molecule has 2 saturated carbocycles. The quantitative estimate of drug-likeness (QED) is 0.657. The number of benzene rings is 1. The lowest BCUT2D eigenvalue weighted by atomic mass is 9.83. The van der Waals surface area contributed by atoms with Crippen LogP contribution >= 0.6 is 15.9 Å². The maximum atomic E-state index is 14.1. The van der Waals surface area contributed by atoms with Crippen molar-refractivity contribution in [2.24, 2.45) is 10.9 Å². The predicted molar refractivity (Wildman–Crippen MR) is 121 cm³/mol. The molecule has 0 unspecified atom stereocenters. The Morgan fingerprint density at radius 1 is 1.13 bits per heavy atom. The summed E-state index contributed by atoms with van der Waals surface area (Å²) in [6, 6.07) is 4.65. The van der Waals surface area contributed by atoms with Gasteiger partial charge in [-0.05, 0) is 78.6 Å². The van der Waals surface area contributed by atoms with Crippen molar-refractivity contribution >= 4 is 33.5 Å². The minimum absolute atomic E-state index is 0.282. The highest BCUT2D eigenvalue weighted by Gasteiger charge is 2.53. The Morgan fingerprint density at radius 2 is 1.87 bits per heavy atom. The smallest absolute Gasteiger partial charge is 0.350 e. The lowest BCUT2D eigenvalue weighted by Gasteiger charge is -2.46. The molecule has 1 aromatic rings. The van der Waals surface area contributed by atoms with Crippen LogP contribution in [0.25, 0.3) is 0 Å². The molecule has 0 bridgehead atoms. The second-order valence-corrected chi connectivity index (χ2v) is 10.3. The van der Waals surface area contributed by atoms with Gasteiger partial charge in [0.1, 0.15) is 17.2 Å². The Hall–Kier alpha value is -1.47. The summed E-state index contributed by atoms with van der Waals surface area (Å²) in [6.07, 6.45) is 10.3. The van der Waals surface area contributed by atoms with Crippen LogP contribution in [0.15, 0.2) is 27.7 Å². The Labute approximate surface area is 186 Å². The molecule has 0 aromatic heterocycles. The molecular weight excluding hydrogens is 447 g/mol. The van der Waals surface area contributed by atoms with Gasteiger partial charge in [0.2, 0.25) is 0 Å². The SMILES string of the molecule is O=C1N=C(NC2CCCCC2)C2(CCN(CC3CC3)CC2)N1c1cc(F)ccc1Br. The van der Waals surface area contributed by atoms with Crippen molar-refractivity contribution in [3.05, 3.63) is 28.5 Å². The first kappa shape index (κ1) is 20.4. The van der Waals surface area contributed by atoms with Gasteiger partial charge in [-0.1, -0.05) is 19.3 Å². The van der Waals surface area contributed by atoms with E-state index in [1.807, 2.05) is 0 Å². The summed E-state index contributed by atoms with van der Waals surface area (Å²) in [5, 5.41) is 3.67. The summed E-state index contributed by atoms with van der Waals surface area (Å²) >= 11 is 3.55. The van der Waals surface area contributed by atoms with E-state index in [-0.39, 0.29) is 11.8 Å². The van der Waals surface area contributed by atoms with Crippen LogP contribution in [0.5, 0.6) is 0 Å². The first-order chi connectivity index (χ1) is 14.5. The molecule has 0 radical (unpaired) electrons. The monoisotopic (exact) mass is 476 g/mol. The zero-order valence-corrected chi connectivity index (χ0v) is 19.0. The van der Waals surface area contributed by atoms with Crippen LogP contribution in [0.1, 0.15) is 57.8 Å². The van der Waals surface area contributed by atoms with E-state index in [1.54, 1.807) is 11.0 Å². The van der Waals surface area contributed by atoms with E-state index in [2.05, 4.69) is 31.1 Å². The Morgan fingerprint density at radius 3 is 2.57 bits per heavy atom. The third kappa shape index (κ3) is 3.91. The summed E-state index contributed by atoms with van der Waals surface area (Å²) in [6.45, 7) is 3.05. The lowest BCUT2D eigenvalue weighted by Crippen LogP contribution is -2.62. The summed E-state index contributed by atoms with van der Waals surface area (Å²) in [5.41, 5.74) is 0.0741. The van der Waals surface area contributed by atoms with Crippen molar-refractivity contribution in [1.29, 1.82) is 0 Å². The van der Waals surface area contributed by atoms with Gasteiger partial charge >= 0.3 is 6.03 Å². The minimum atomic E-state index is -0.509. The van der Waals surface area contributed by atoms with Crippen molar-refractivity contribution in [3.8, 4) is 0 Å². The molecule has 2 heterocycles. The second-order valence-electron chi connectivity index (χ2n) is 9.43. The molecule has 3 fully saturated rings. The summed E-state index contributed by atoms with van der Waals surface area (Å²) in [7, 11) is 0. The number of carbonyl (C=O) groups excluding carboxylic acids is 1. The van der Waals surface area contributed by atoms with Gasteiger partial charge in [-0.2, -0.15) is 4.99 Å². The standard InChI is InChI=1S/C23H30BrFN4O/c24-19-9-8-17(25)14-20(19)29-22(30)27-21(26-18-4-2-1-3-5-18)23(29)10-12-28(13-11-23)15-16-6-7-16/h8-9,14,16,18H,1-7,10-13,15H2,(H,26,27,30). The fourth-order valence-corrected chi connectivity index (χ4v) is 5.79. The molecule has 162 valence electrons. The number of urea groups is 1. The van der Waals surface area contributed by atoms with Crippen LogP contribution in [-0.4, -0.2) is 48.0 Å². The molecule has 2 aliphatic carbocycles. The largest absolute Gasteiger partial charge is 0.369 e. The number of amides is 2. The number of rotatable bonds is 4. The van der Waals surface area contributed by atoms with Crippen LogP contribution < -0.4 is 10.2 Å². The van der Waals surface area contributed by atoms with E-state index in [9.17, 15) is 9.18 Å². The van der Waals surface area contributed by atoms with E-state index in [0.717, 1.165) is 61.5 Å². The lowest BCUT2D eigenvalue weighted by molar-refractivity contribution is 0.182. The Balaban J connectivity index is 1.45. The number of amidine groups is 1. The highest BCUT2D eigenvalue weighted by Crippen LogP contribution is 2.42. The van der Waals surface area contributed by atoms with Crippen LogP contribution in [-0.2, 0) is 0 Å². The van der Waals surface area contributed by atoms with Gasteiger partial charge < -0.3 is 10.2 Å². The van der Waals surface area contributed by atoms with Gasteiger partial charge in [0.15, 0.2) is 0 Å².